The highest BCUT2D eigenvalue weighted by atomic mass is 19.4. The zero-order valence-electron chi connectivity index (χ0n) is 11.3. The molecule has 0 bridgehead atoms. The molecule has 0 spiro atoms. The van der Waals surface area contributed by atoms with E-state index in [1.165, 1.54) is 4.90 Å². The second-order valence-electron chi connectivity index (χ2n) is 4.37. The Morgan fingerprint density at radius 2 is 2.00 bits per heavy atom. The van der Waals surface area contributed by atoms with Crippen molar-refractivity contribution < 1.29 is 13.2 Å². The van der Waals surface area contributed by atoms with Crippen LogP contribution in [0.1, 0.15) is 25.0 Å². The van der Waals surface area contributed by atoms with Gasteiger partial charge in [0, 0.05) is 33.1 Å². The highest BCUT2D eigenvalue weighted by molar-refractivity contribution is 5.44. The lowest BCUT2D eigenvalue weighted by Crippen LogP contribution is -2.17. The molecule has 1 N–H and O–H groups in total. The molecule has 0 unspecified atom stereocenters. The summed E-state index contributed by atoms with van der Waals surface area (Å²) in [5, 5.41) is 11.1. The molecule has 0 amide bonds. The lowest BCUT2D eigenvalue weighted by Gasteiger charge is -2.15. The molecule has 8 heteroatoms. The fraction of sp³-hybridized carbons (Fsp3) is 0.583. The van der Waals surface area contributed by atoms with E-state index >= 15 is 0 Å². The number of nitriles is 1. The average Bonchev–Trinajstić information content (AvgIpc) is 2.37. The maximum absolute atomic E-state index is 12.7. The fourth-order valence-corrected chi connectivity index (χ4v) is 1.42. The van der Waals surface area contributed by atoms with Gasteiger partial charge in [0.1, 0.15) is 5.82 Å². The Bertz CT molecular complexity index is 479. The zero-order chi connectivity index (χ0) is 15.2. The van der Waals surface area contributed by atoms with Crippen molar-refractivity contribution in [1.82, 2.24) is 9.97 Å². The van der Waals surface area contributed by atoms with E-state index in [4.69, 9.17) is 5.26 Å². The Kier molecular flexibility index (Phi) is 5.55. The summed E-state index contributed by atoms with van der Waals surface area (Å²) in [5.74, 6) is 0.132. The Labute approximate surface area is 115 Å². The van der Waals surface area contributed by atoms with Crippen molar-refractivity contribution in [2.24, 2.45) is 0 Å². The molecule has 0 radical (unpaired) electrons. The second-order valence-corrected chi connectivity index (χ2v) is 4.37. The topological polar surface area (TPSA) is 64.8 Å². The maximum atomic E-state index is 12.7. The van der Waals surface area contributed by atoms with E-state index in [9.17, 15) is 13.2 Å². The molecule has 20 heavy (non-hydrogen) atoms. The van der Waals surface area contributed by atoms with Crippen LogP contribution in [0.25, 0.3) is 0 Å². The predicted molar refractivity (Wildman–Crippen MR) is 69.3 cm³/mol. The van der Waals surface area contributed by atoms with Gasteiger partial charge in [-0.15, -0.1) is 0 Å². The molecule has 1 aromatic rings. The fourth-order valence-electron chi connectivity index (χ4n) is 1.42. The Morgan fingerprint density at radius 3 is 2.55 bits per heavy atom. The number of rotatable bonds is 6. The minimum Gasteiger partial charge on any atom is -0.363 e. The van der Waals surface area contributed by atoms with Gasteiger partial charge >= 0.3 is 6.18 Å². The van der Waals surface area contributed by atoms with Crippen LogP contribution in [0.4, 0.5) is 24.9 Å². The molecule has 0 aliphatic heterocycles. The normalized spacial score (nSPS) is 11.0. The molecule has 0 fully saturated rings. The molecule has 1 rings (SSSR count). The summed E-state index contributed by atoms with van der Waals surface area (Å²) in [6, 6.07) is 2.91. The number of hydrogen-bond donors (Lipinski definition) is 1. The number of hydrogen-bond acceptors (Lipinski definition) is 5. The van der Waals surface area contributed by atoms with Crippen molar-refractivity contribution in [3.8, 4) is 6.07 Å². The van der Waals surface area contributed by atoms with Crippen LogP contribution in [0.2, 0.25) is 0 Å². The van der Waals surface area contributed by atoms with Gasteiger partial charge in [-0.25, -0.2) is 4.98 Å². The SMILES string of the molecule is CN(C)c1cc(C(F)(F)F)nc(NCCCCC#N)n1. The standard InChI is InChI=1S/C12H16F3N5/c1-20(2)10-8-9(12(13,14)15)18-11(19-10)17-7-5-3-4-6-16/h8H,3-5,7H2,1-2H3,(H,17,18,19). The second kappa shape index (κ2) is 6.93. The lowest BCUT2D eigenvalue weighted by molar-refractivity contribution is -0.141. The van der Waals surface area contributed by atoms with E-state index in [1.54, 1.807) is 14.1 Å². The molecule has 1 heterocycles. The first-order valence-electron chi connectivity index (χ1n) is 6.09. The largest absolute Gasteiger partial charge is 0.433 e. The number of anilines is 2. The molecule has 110 valence electrons. The highest BCUT2D eigenvalue weighted by Crippen LogP contribution is 2.30. The Morgan fingerprint density at radius 1 is 1.30 bits per heavy atom. The molecule has 0 aromatic carbocycles. The van der Waals surface area contributed by atoms with Gasteiger partial charge in [-0.05, 0) is 12.8 Å². The van der Waals surface area contributed by atoms with E-state index in [-0.39, 0.29) is 11.8 Å². The van der Waals surface area contributed by atoms with E-state index < -0.39 is 11.9 Å². The predicted octanol–water partition coefficient (Wildman–Crippen LogP) is 2.67. The van der Waals surface area contributed by atoms with Crippen LogP contribution in [-0.2, 0) is 6.18 Å². The molecule has 0 saturated carbocycles. The summed E-state index contributed by atoms with van der Waals surface area (Å²) in [6.45, 7) is 0.426. The number of alkyl halides is 3. The molecular formula is C12H16F3N5. The number of halogens is 3. The van der Waals surface area contributed by atoms with Crippen LogP contribution in [0.3, 0.4) is 0 Å². The first-order chi connectivity index (χ1) is 9.34. The van der Waals surface area contributed by atoms with Crippen molar-refractivity contribution in [2.45, 2.75) is 25.4 Å². The van der Waals surface area contributed by atoms with E-state index in [1.807, 2.05) is 6.07 Å². The van der Waals surface area contributed by atoms with Crippen LogP contribution < -0.4 is 10.2 Å². The first kappa shape index (κ1) is 16.0. The third-order valence-electron chi connectivity index (χ3n) is 2.46. The molecule has 0 aliphatic rings. The van der Waals surface area contributed by atoms with Crippen LogP contribution in [0.15, 0.2) is 6.07 Å². The lowest BCUT2D eigenvalue weighted by atomic mass is 10.2. The monoisotopic (exact) mass is 287 g/mol. The summed E-state index contributed by atoms with van der Waals surface area (Å²) in [4.78, 5) is 8.95. The number of aromatic nitrogens is 2. The zero-order valence-corrected chi connectivity index (χ0v) is 11.3. The molecule has 0 aliphatic carbocycles. The smallest absolute Gasteiger partial charge is 0.363 e. The quantitative estimate of drug-likeness (QED) is 0.815. The maximum Gasteiger partial charge on any atom is 0.433 e. The first-order valence-corrected chi connectivity index (χ1v) is 6.09. The summed E-state index contributed by atoms with van der Waals surface area (Å²) < 4.78 is 38.2. The molecule has 0 saturated heterocycles. The summed E-state index contributed by atoms with van der Waals surface area (Å²) in [5.41, 5.74) is -0.976. The summed E-state index contributed by atoms with van der Waals surface area (Å²) in [7, 11) is 3.22. The van der Waals surface area contributed by atoms with Crippen molar-refractivity contribution in [1.29, 1.82) is 5.26 Å². The van der Waals surface area contributed by atoms with Crippen molar-refractivity contribution in [3.05, 3.63) is 11.8 Å². The van der Waals surface area contributed by atoms with Crippen LogP contribution in [0.5, 0.6) is 0 Å². The van der Waals surface area contributed by atoms with E-state index in [0.717, 1.165) is 6.07 Å². The Hall–Kier alpha value is -2.04. The summed E-state index contributed by atoms with van der Waals surface area (Å²) in [6.07, 6.45) is -2.73. The van der Waals surface area contributed by atoms with E-state index in [2.05, 4.69) is 15.3 Å². The molecule has 5 nitrogen and oxygen atoms in total. The molecular weight excluding hydrogens is 271 g/mol. The third-order valence-corrected chi connectivity index (χ3v) is 2.46. The molecule has 1 aromatic heterocycles. The van der Waals surface area contributed by atoms with Gasteiger partial charge in [-0.2, -0.15) is 23.4 Å². The van der Waals surface area contributed by atoms with Gasteiger partial charge < -0.3 is 10.2 Å². The van der Waals surface area contributed by atoms with Gasteiger partial charge in [0.15, 0.2) is 5.69 Å². The number of nitrogens with one attached hydrogen (secondary N) is 1. The van der Waals surface area contributed by atoms with Gasteiger partial charge in [-0.1, -0.05) is 0 Å². The van der Waals surface area contributed by atoms with Gasteiger partial charge in [0.2, 0.25) is 5.95 Å². The van der Waals surface area contributed by atoms with Crippen molar-refractivity contribution in [3.63, 3.8) is 0 Å². The number of unbranched alkanes of at least 4 members (excludes halogenated alkanes) is 2. The highest BCUT2D eigenvalue weighted by Gasteiger charge is 2.33. The van der Waals surface area contributed by atoms with Gasteiger partial charge in [0.25, 0.3) is 0 Å². The van der Waals surface area contributed by atoms with Gasteiger partial charge in [0.05, 0.1) is 6.07 Å². The van der Waals surface area contributed by atoms with Crippen LogP contribution in [0, 0.1) is 11.3 Å². The van der Waals surface area contributed by atoms with E-state index in [0.29, 0.717) is 25.8 Å². The third kappa shape index (κ3) is 4.91. The number of nitrogens with zero attached hydrogens (tertiary/aromatic N) is 4. The Balaban J connectivity index is 2.80. The van der Waals surface area contributed by atoms with Gasteiger partial charge in [-0.3, -0.25) is 0 Å². The van der Waals surface area contributed by atoms with Crippen LogP contribution in [-0.4, -0.2) is 30.6 Å². The summed E-state index contributed by atoms with van der Waals surface area (Å²) >= 11 is 0. The van der Waals surface area contributed by atoms with Crippen molar-refractivity contribution in [2.75, 3.05) is 30.9 Å². The van der Waals surface area contributed by atoms with Crippen LogP contribution >= 0.6 is 0 Å². The minimum atomic E-state index is -4.51. The molecule has 0 atom stereocenters. The average molecular weight is 287 g/mol. The van der Waals surface area contributed by atoms with Crippen molar-refractivity contribution >= 4 is 11.8 Å². The minimum absolute atomic E-state index is 0.0551.